The van der Waals surface area contributed by atoms with Gasteiger partial charge in [0.05, 0.1) is 0 Å². The van der Waals surface area contributed by atoms with Crippen molar-refractivity contribution in [1.82, 2.24) is 19.3 Å². The summed E-state index contributed by atoms with van der Waals surface area (Å²) < 4.78 is 3.14. The average molecular weight is 280 g/mol. The van der Waals surface area contributed by atoms with Crippen LogP contribution in [0.3, 0.4) is 0 Å². The predicted molar refractivity (Wildman–Crippen MR) is 74.4 cm³/mol. The Hall–Kier alpha value is -1.76. The summed E-state index contributed by atoms with van der Waals surface area (Å²) in [7, 11) is 1.71. The van der Waals surface area contributed by atoms with E-state index in [0.717, 1.165) is 12.0 Å². The molecule has 0 saturated carbocycles. The van der Waals surface area contributed by atoms with Crippen LogP contribution in [0.2, 0.25) is 0 Å². The standard InChI is InChI=1S/C12H16N4O2S/c1-3-5-16-11(18)13-14-12(16)19-8-9-4-6-15(2)10(17)7-9/h4,6-7H,3,5,8H2,1-2H3,(H,13,18). The van der Waals surface area contributed by atoms with Crippen LogP contribution in [-0.2, 0) is 19.3 Å². The number of nitrogens with one attached hydrogen (secondary N) is 1. The Morgan fingerprint density at radius 3 is 2.89 bits per heavy atom. The molecular weight excluding hydrogens is 264 g/mol. The molecular formula is C12H16N4O2S. The lowest BCUT2D eigenvalue weighted by molar-refractivity contribution is 0.604. The third-order valence-electron chi connectivity index (χ3n) is 2.71. The molecule has 0 fully saturated rings. The van der Waals surface area contributed by atoms with E-state index in [4.69, 9.17) is 0 Å². The molecule has 0 aromatic carbocycles. The molecule has 2 rings (SSSR count). The second-order valence-electron chi connectivity index (χ2n) is 4.24. The lowest BCUT2D eigenvalue weighted by atomic mass is 10.3. The van der Waals surface area contributed by atoms with Crippen LogP contribution in [0.15, 0.2) is 33.1 Å². The molecule has 0 amide bonds. The Labute approximate surface area is 114 Å². The highest BCUT2D eigenvalue weighted by atomic mass is 32.2. The van der Waals surface area contributed by atoms with Gasteiger partial charge in [-0.15, -0.1) is 5.10 Å². The number of hydrogen-bond acceptors (Lipinski definition) is 4. The van der Waals surface area contributed by atoms with Crippen LogP contribution < -0.4 is 11.2 Å². The van der Waals surface area contributed by atoms with Crippen molar-refractivity contribution >= 4 is 11.8 Å². The molecule has 2 heterocycles. The van der Waals surface area contributed by atoms with Crippen molar-refractivity contribution in [3.63, 3.8) is 0 Å². The smallest absolute Gasteiger partial charge is 0.319 e. The number of hydrogen-bond donors (Lipinski definition) is 1. The van der Waals surface area contributed by atoms with Gasteiger partial charge in [-0.2, -0.15) is 0 Å². The lowest BCUT2D eigenvalue weighted by Gasteiger charge is -2.04. The molecule has 6 nitrogen and oxygen atoms in total. The Kier molecular flexibility index (Phi) is 4.26. The van der Waals surface area contributed by atoms with E-state index in [1.165, 1.54) is 16.3 Å². The highest BCUT2D eigenvalue weighted by molar-refractivity contribution is 7.98. The Morgan fingerprint density at radius 2 is 2.21 bits per heavy atom. The second-order valence-corrected chi connectivity index (χ2v) is 5.18. The zero-order valence-corrected chi connectivity index (χ0v) is 11.7. The maximum Gasteiger partial charge on any atom is 0.343 e. The fourth-order valence-corrected chi connectivity index (χ4v) is 2.58. The van der Waals surface area contributed by atoms with Crippen LogP contribution in [0.1, 0.15) is 18.9 Å². The topological polar surface area (TPSA) is 72.7 Å². The molecule has 1 N–H and O–H groups in total. The maximum atomic E-state index is 11.5. The van der Waals surface area contributed by atoms with Gasteiger partial charge in [-0.3, -0.25) is 9.36 Å². The molecule has 0 unspecified atom stereocenters. The SMILES string of the molecule is CCCn1c(SCc2ccn(C)c(=O)c2)n[nH]c1=O. The summed E-state index contributed by atoms with van der Waals surface area (Å²) in [5, 5.41) is 7.10. The largest absolute Gasteiger partial charge is 0.343 e. The fraction of sp³-hybridized carbons (Fsp3) is 0.417. The minimum atomic E-state index is -0.187. The summed E-state index contributed by atoms with van der Waals surface area (Å²) >= 11 is 1.45. The van der Waals surface area contributed by atoms with Gasteiger partial charge >= 0.3 is 5.69 Å². The molecule has 19 heavy (non-hydrogen) atoms. The summed E-state index contributed by atoms with van der Waals surface area (Å²) in [6, 6.07) is 3.49. The first-order valence-electron chi connectivity index (χ1n) is 6.05. The molecule has 102 valence electrons. The minimum Gasteiger partial charge on any atom is -0.319 e. The minimum absolute atomic E-state index is 0.0360. The van der Waals surface area contributed by atoms with Crippen LogP contribution >= 0.6 is 11.8 Å². The molecule has 2 aromatic heterocycles. The highest BCUT2D eigenvalue weighted by Crippen LogP contribution is 2.18. The number of H-pyrrole nitrogens is 1. The first-order valence-corrected chi connectivity index (χ1v) is 7.04. The summed E-state index contributed by atoms with van der Waals surface area (Å²) in [6.07, 6.45) is 2.61. The van der Waals surface area contributed by atoms with Gasteiger partial charge in [0.15, 0.2) is 5.16 Å². The van der Waals surface area contributed by atoms with E-state index in [0.29, 0.717) is 17.5 Å². The van der Waals surface area contributed by atoms with E-state index >= 15 is 0 Å². The van der Waals surface area contributed by atoms with E-state index in [-0.39, 0.29) is 11.2 Å². The van der Waals surface area contributed by atoms with Crippen LogP contribution in [0.5, 0.6) is 0 Å². The molecule has 0 aliphatic carbocycles. The number of nitrogens with zero attached hydrogens (tertiary/aromatic N) is 3. The summed E-state index contributed by atoms with van der Waals surface area (Å²) in [6.45, 7) is 2.66. The predicted octanol–water partition coefficient (Wildman–Crippen LogP) is 0.972. The van der Waals surface area contributed by atoms with Crippen molar-refractivity contribution in [2.75, 3.05) is 0 Å². The third kappa shape index (κ3) is 3.17. The van der Waals surface area contributed by atoms with Gasteiger partial charge in [0.25, 0.3) is 5.56 Å². The Morgan fingerprint density at radius 1 is 1.42 bits per heavy atom. The number of aromatic amines is 1. The molecule has 7 heteroatoms. The van der Waals surface area contributed by atoms with Gasteiger partial charge in [-0.1, -0.05) is 18.7 Å². The molecule has 0 radical (unpaired) electrons. The van der Waals surface area contributed by atoms with Gasteiger partial charge in [0.1, 0.15) is 0 Å². The zero-order valence-electron chi connectivity index (χ0n) is 10.9. The number of rotatable bonds is 5. The van der Waals surface area contributed by atoms with Gasteiger partial charge in [-0.05, 0) is 18.1 Å². The maximum absolute atomic E-state index is 11.5. The first-order chi connectivity index (χ1) is 9.11. The van der Waals surface area contributed by atoms with E-state index in [1.807, 2.05) is 13.0 Å². The lowest BCUT2D eigenvalue weighted by Crippen LogP contribution is -2.17. The number of thioether (sulfide) groups is 1. The molecule has 0 saturated heterocycles. The molecule has 0 aliphatic heterocycles. The van der Waals surface area contributed by atoms with Crippen LogP contribution in [0.4, 0.5) is 0 Å². The highest BCUT2D eigenvalue weighted by Gasteiger charge is 2.08. The second kappa shape index (κ2) is 5.92. The van der Waals surface area contributed by atoms with Gasteiger partial charge in [0.2, 0.25) is 0 Å². The quantitative estimate of drug-likeness (QED) is 0.828. The normalized spacial score (nSPS) is 10.8. The monoisotopic (exact) mass is 280 g/mol. The van der Waals surface area contributed by atoms with Gasteiger partial charge in [-0.25, -0.2) is 9.89 Å². The fourth-order valence-electron chi connectivity index (χ4n) is 1.66. The van der Waals surface area contributed by atoms with Crippen LogP contribution in [0, 0.1) is 0 Å². The summed E-state index contributed by atoms with van der Waals surface area (Å²) in [5.74, 6) is 0.615. The van der Waals surface area contributed by atoms with Crippen molar-refractivity contribution in [1.29, 1.82) is 0 Å². The molecule has 2 aromatic rings. The van der Waals surface area contributed by atoms with Crippen molar-refractivity contribution in [3.8, 4) is 0 Å². The van der Waals surface area contributed by atoms with E-state index < -0.39 is 0 Å². The van der Waals surface area contributed by atoms with Gasteiger partial charge in [0, 0.05) is 31.6 Å². The number of aromatic nitrogens is 4. The van der Waals surface area contributed by atoms with Crippen molar-refractivity contribution in [3.05, 3.63) is 44.7 Å². The molecule has 0 bridgehead atoms. The first kappa shape index (κ1) is 13.7. The number of aryl methyl sites for hydroxylation is 1. The van der Waals surface area contributed by atoms with Crippen LogP contribution in [0.25, 0.3) is 0 Å². The number of pyridine rings is 1. The molecule has 0 atom stereocenters. The molecule has 0 aliphatic rings. The van der Waals surface area contributed by atoms with Gasteiger partial charge < -0.3 is 4.57 Å². The Balaban J connectivity index is 2.12. The van der Waals surface area contributed by atoms with Crippen molar-refractivity contribution in [2.45, 2.75) is 30.8 Å². The summed E-state index contributed by atoms with van der Waals surface area (Å²) in [4.78, 5) is 23.0. The van der Waals surface area contributed by atoms with E-state index in [9.17, 15) is 9.59 Å². The average Bonchev–Trinajstić information content (AvgIpc) is 2.73. The van der Waals surface area contributed by atoms with E-state index in [1.54, 1.807) is 23.9 Å². The van der Waals surface area contributed by atoms with Crippen LogP contribution in [-0.4, -0.2) is 19.3 Å². The zero-order chi connectivity index (χ0) is 13.8. The van der Waals surface area contributed by atoms with Crippen molar-refractivity contribution in [2.24, 2.45) is 7.05 Å². The summed E-state index contributed by atoms with van der Waals surface area (Å²) in [5.41, 5.74) is 0.700. The van der Waals surface area contributed by atoms with E-state index in [2.05, 4.69) is 10.2 Å². The third-order valence-corrected chi connectivity index (χ3v) is 3.75. The van der Waals surface area contributed by atoms with Crippen molar-refractivity contribution < 1.29 is 0 Å². The molecule has 0 spiro atoms. The Bertz CT molecular complexity index is 671.